The van der Waals surface area contributed by atoms with Gasteiger partial charge in [-0.3, -0.25) is 19.6 Å². The predicted octanol–water partition coefficient (Wildman–Crippen LogP) is 3.14. The molecule has 3 N–H and O–H groups in total. The van der Waals surface area contributed by atoms with E-state index >= 15 is 0 Å². The van der Waals surface area contributed by atoms with Gasteiger partial charge in [0.2, 0.25) is 0 Å². The van der Waals surface area contributed by atoms with Gasteiger partial charge in [-0.15, -0.1) is 12.4 Å². The van der Waals surface area contributed by atoms with Gasteiger partial charge in [0.25, 0.3) is 5.91 Å². The van der Waals surface area contributed by atoms with Crippen molar-refractivity contribution in [3.05, 3.63) is 95.6 Å². The van der Waals surface area contributed by atoms with Crippen LogP contribution in [0.3, 0.4) is 0 Å². The van der Waals surface area contributed by atoms with Crippen LogP contribution in [0.25, 0.3) is 10.9 Å². The van der Waals surface area contributed by atoms with Crippen LogP contribution < -0.4 is 15.9 Å². The highest BCUT2D eigenvalue weighted by atomic mass is 35.5. The molecule has 0 radical (unpaired) electrons. The fraction of sp³-hybridized carbons (Fsp3) is 0.125. The third-order valence-corrected chi connectivity index (χ3v) is 5.42. The molecule has 1 aromatic heterocycles. The highest BCUT2D eigenvalue weighted by Crippen LogP contribution is 2.28. The van der Waals surface area contributed by atoms with Gasteiger partial charge >= 0.3 is 0 Å². The molecular formula is C24H21ClF2N6O3. The van der Waals surface area contributed by atoms with E-state index in [1.165, 1.54) is 4.90 Å². The third kappa shape index (κ3) is 4.98. The molecule has 2 aliphatic heterocycles. The first-order chi connectivity index (χ1) is 17.0. The van der Waals surface area contributed by atoms with Crippen LogP contribution in [0.2, 0.25) is 0 Å². The van der Waals surface area contributed by atoms with Crippen molar-refractivity contribution in [2.75, 3.05) is 18.1 Å². The molecular weight excluding hydrogens is 494 g/mol. The Hall–Kier alpha value is -4.06. The number of nitrogens with zero attached hydrogens (tertiary/aromatic N) is 4. The molecule has 36 heavy (non-hydrogen) atoms. The number of halogens is 3. The largest absolute Gasteiger partial charge is 0.394 e. The Morgan fingerprint density at radius 1 is 1.17 bits per heavy atom. The Balaban J connectivity index is 0.00000304. The average molecular weight is 515 g/mol. The second kappa shape index (κ2) is 10.7. The summed E-state index contributed by atoms with van der Waals surface area (Å²) in [5.41, 5.74) is 7.56. The summed E-state index contributed by atoms with van der Waals surface area (Å²) in [6, 6.07) is 11.9. The number of hydrogen-bond acceptors (Lipinski definition) is 8. The normalized spacial score (nSPS) is 14.1. The van der Waals surface area contributed by atoms with Crippen LogP contribution in [0.15, 0.2) is 77.9 Å². The van der Waals surface area contributed by atoms with Crippen molar-refractivity contribution in [1.82, 2.24) is 21.0 Å². The molecule has 9 nitrogen and oxygen atoms in total. The highest BCUT2D eigenvalue weighted by Gasteiger charge is 2.26. The fourth-order valence-corrected chi connectivity index (χ4v) is 3.77. The molecule has 1 amide bonds. The van der Waals surface area contributed by atoms with E-state index in [-0.39, 0.29) is 31.3 Å². The molecule has 0 unspecified atom stereocenters. The standard InChI is InChI=1S/C24H20F2N6O3.ClH/c25-18-11-17(12-19(26)23(18)24(34)29-35-9-8-33)31-7-5-21-22(14-31)32(30-28-21)13-15-3-4-20-16(10-15)2-1-6-27-20;/h1-7,10-12,14,30,33H,8-9,13H2,(H,29,34);1H. The maximum absolute atomic E-state index is 14.7. The van der Waals surface area contributed by atoms with Crippen LogP contribution in [0.5, 0.6) is 0 Å². The van der Waals surface area contributed by atoms with Crippen LogP contribution in [0, 0.1) is 11.6 Å². The molecule has 0 bridgehead atoms. The predicted molar refractivity (Wildman–Crippen MR) is 132 cm³/mol. The topological polar surface area (TPSA) is 102 Å². The van der Waals surface area contributed by atoms with E-state index in [0.29, 0.717) is 18.0 Å². The summed E-state index contributed by atoms with van der Waals surface area (Å²) in [5.74, 6) is -3.19. The van der Waals surface area contributed by atoms with Gasteiger partial charge in [-0.05, 0) is 42.0 Å². The number of rotatable bonds is 7. The van der Waals surface area contributed by atoms with Crippen molar-refractivity contribution in [3.8, 4) is 0 Å². The zero-order valence-corrected chi connectivity index (χ0v) is 19.5. The molecule has 0 fully saturated rings. The molecule has 3 aromatic rings. The highest BCUT2D eigenvalue weighted by molar-refractivity contribution is 6.10. The molecule has 0 aliphatic carbocycles. The Morgan fingerprint density at radius 2 is 1.97 bits per heavy atom. The number of anilines is 1. The number of benzene rings is 2. The Kier molecular flexibility index (Phi) is 7.44. The Morgan fingerprint density at radius 3 is 2.75 bits per heavy atom. The minimum Gasteiger partial charge on any atom is -0.394 e. The number of aromatic nitrogens is 1. The van der Waals surface area contributed by atoms with E-state index in [9.17, 15) is 13.6 Å². The number of hydrogen-bond donors (Lipinski definition) is 3. The number of aliphatic hydroxyl groups excluding tert-OH is 1. The molecule has 186 valence electrons. The monoisotopic (exact) mass is 514 g/mol. The van der Waals surface area contributed by atoms with Gasteiger partial charge < -0.3 is 10.0 Å². The first-order valence-electron chi connectivity index (χ1n) is 10.7. The fourth-order valence-electron chi connectivity index (χ4n) is 3.77. The second-order valence-corrected chi connectivity index (χ2v) is 7.74. The number of hydrazine groups is 1. The molecule has 0 saturated carbocycles. The van der Waals surface area contributed by atoms with Gasteiger partial charge in [0.1, 0.15) is 28.6 Å². The summed E-state index contributed by atoms with van der Waals surface area (Å²) in [6.45, 7) is -0.0693. The third-order valence-electron chi connectivity index (χ3n) is 5.42. The summed E-state index contributed by atoms with van der Waals surface area (Å²) in [7, 11) is 0. The lowest BCUT2D eigenvalue weighted by atomic mass is 10.1. The molecule has 0 saturated heterocycles. The molecule has 2 aliphatic rings. The lowest BCUT2D eigenvalue weighted by Crippen LogP contribution is -2.31. The molecule has 3 heterocycles. The Bertz CT molecular complexity index is 1370. The van der Waals surface area contributed by atoms with Gasteiger partial charge in [-0.25, -0.2) is 19.8 Å². The van der Waals surface area contributed by atoms with Crippen molar-refractivity contribution >= 4 is 40.6 Å². The molecule has 0 spiro atoms. The summed E-state index contributed by atoms with van der Waals surface area (Å²) < 4.78 is 29.3. The number of amides is 1. The van der Waals surface area contributed by atoms with Crippen molar-refractivity contribution < 1.29 is 23.5 Å². The Labute approximate surface area is 210 Å². The van der Waals surface area contributed by atoms with E-state index in [2.05, 4.69) is 20.5 Å². The van der Waals surface area contributed by atoms with E-state index < -0.39 is 23.1 Å². The SMILES string of the molecule is Cl.O=C(NOCCO)c1c(F)cc(N2C=CC3=NNN(Cc4ccc5ncccc5c4)C3=C2)cc1F. The number of allylic oxidation sites excluding steroid dienone is 1. The minimum absolute atomic E-state index is 0. The molecule has 2 aromatic carbocycles. The van der Waals surface area contributed by atoms with Crippen molar-refractivity contribution in [2.24, 2.45) is 5.10 Å². The zero-order chi connectivity index (χ0) is 24.4. The van der Waals surface area contributed by atoms with Crippen LogP contribution >= 0.6 is 12.4 Å². The number of carbonyl (C=O) groups is 1. The maximum atomic E-state index is 14.7. The lowest BCUT2D eigenvalue weighted by molar-refractivity contribution is 0.0162. The van der Waals surface area contributed by atoms with Crippen LogP contribution in [0.1, 0.15) is 15.9 Å². The van der Waals surface area contributed by atoms with E-state index in [1.54, 1.807) is 24.7 Å². The van der Waals surface area contributed by atoms with E-state index in [1.807, 2.05) is 40.8 Å². The van der Waals surface area contributed by atoms with Crippen molar-refractivity contribution in [1.29, 1.82) is 0 Å². The quantitative estimate of drug-likeness (QED) is 0.329. The average Bonchev–Trinajstić information content (AvgIpc) is 3.25. The number of hydrazone groups is 1. The smallest absolute Gasteiger partial charge is 0.280 e. The van der Waals surface area contributed by atoms with Gasteiger partial charge in [-0.1, -0.05) is 12.1 Å². The van der Waals surface area contributed by atoms with Crippen LogP contribution in [-0.2, 0) is 11.4 Å². The van der Waals surface area contributed by atoms with Gasteiger partial charge in [0.15, 0.2) is 0 Å². The maximum Gasteiger partial charge on any atom is 0.280 e. The van der Waals surface area contributed by atoms with Gasteiger partial charge in [-0.2, -0.15) is 5.10 Å². The van der Waals surface area contributed by atoms with E-state index in [4.69, 9.17) is 5.11 Å². The first kappa shape index (κ1) is 25.0. The number of carbonyl (C=O) groups excluding carboxylic acids is 1. The van der Waals surface area contributed by atoms with E-state index in [0.717, 1.165) is 28.6 Å². The molecule has 5 rings (SSSR count). The van der Waals surface area contributed by atoms with Gasteiger partial charge in [0.05, 0.1) is 31.0 Å². The number of hydroxylamine groups is 1. The number of fused-ring (bicyclic) bond motifs is 2. The van der Waals surface area contributed by atoms with Crippen LogP contribution in [-0.4, -0.2) is 39.9 Å². The van der Waals surface area contributed by atoms with Crippen molar-refractivity contribution in [2.45, 2.75) is 6.54 Å². The lowest BCUT2D eigenvalue weighted by Gasteiger charge is -2.25. The zero-order valence-electron chi connectivity index (χ0n) is 18.7. The van der Waals surface area contributed by atoms with Gasteiger partial charge in [0, 0.05) is 24.0 Å². The number of pyridine rings is 1. The summed E-state index contributed by atoms with van der Waals surface area (Å²) in [5, 5.41) is 15.8. The molecule has 12 heteroatoms. The summed E-state index contributed by atoms with van der Waals surface area (Å²) >= 11 is 0. The summed E-state index contributed by atoms with van der Waals surface area (Å²) in [6.07, 6.45) is 6.77. The van der Waals surface area contributed by atoms with Crippen LogP contribution in [0.4, 0.5) is 14.5 Å². The van der Waals surface area contributed by atoms with Crippen molar-refractivity contribution in [3.63, 3.8) is 0 Å². The number of nitrogens with one attached hydrogen (secondary N) is 2. The minimum atomic E-state index is -1.08. The second-order valence-electron chi connectivity index (χ2n) is 7.74. The summed E-state index contributed by atoms with van der Waals surface area (Å²) in [4.78, 5) is 22.5. The first-order valence-corrected chi connectivity index (χ1v) is 10.7. The number of aliphatic hydroxyl groups is 1. The molecule has 0 atom stereocenters.